The Morgan fingerprint density at radius 2 is 0.628 bits per heavy atom. The molecule has 0 atom stereocenters. The van der Waals surface area contributed by atoms with Gasteiger partial charge in [0.1, 0.15) is 0 Å². The summed E-state index contributed by atoms with van der Waals surface area (Å²) in [4.78, 5) is 15.0. The van der Waals surface area contributed by atoms with Gasteiger partial charge in [-0.2, -0.15) is 0 Å². The first kappa shape index (κ1) is 26.5. The predicted molar refractivity (Wildman–Crippen MR) is 177 cm³/mol. The summed E-state index contributed by atoms with van der Waals surface area (Å²) in [7, 11) is 0. The summed E-state index contributed by atoms with van der Waals surface area (Å²) < 4.78 is 0. The third-order valence-corrected chi connectivity index (χ3v) is 7.63. The van der Waals surface area contributed by atoms with Gasteiger partial charge in [0.05, 0.1) is 0 Å². The van der Waals surface area contributed by atoms with Gasteiger partial charge in [0.15, 0.2) is 17.5 Å². The van der Waals surface area contributed by atoms with Crippen LogP contribution >= 0.6 is 11.6 Å². The Morgan fingerprint density at radius 1 is 0.279 bits per heavy atom. The molecule has 1 aromatic heterocycles. The highest BCUT2D eigenvalue weighted by Crippen LogP contribution is 2.31. The molecule has 1 heterocycles. The Balaban J connectivity index is 1.35. The average Bonchev–Trinajstić information content (AvgIpc) is 3.09. The molecule has 0 bridgehead atoms. The van der Waals surface area contributed by atoms with Gasteiger partial charge in [-0.3, -0.25) is 0 Å². The molecule has 43 heavy (non-hydrogen) atoms. The molecule has 3 nitrogen and oxygen atoms in total. The van der Waals surface area contributed by atoms with Crippen molar-refractivity contribution in [3.05, 3.63) is 163 Å². The van der Waals surface area contributed by atoms with Crippen LogP contribution in [0.1, 0.15) is 0 Å². The number of aromatic nitrogens is 3. The van der Waals surface area contributed by atoms with Crippen molar-refractivity contribution in [2.24, 2.45) is 0 Å². The van der Waals surface area contributed by atoms with E-state index in [-0.39, 0.29) is 0 Å². The molecule has 7 aromatic rings. The van der Waals surface area contributed by atoms with E-state index in [1.54, 1.807) is 0 Å². The minimum Gasteiger partial charge on any atom is -0.208 e. The molecule has 0 fully saturated rings. The van der Waals surface area contributed by atoms with E-state index in [2.05, 4.69) is 103 Å². The van der Waals surface area contributed by atoms with Crippen LogP contribution < -0.4 is 0 Å². The smallest absolute Gasteiger partial charge is 0.164 e. The molecule has 7 rings (SSSR count). The van der Waals surface area contributed by atoms with Crippen LogP contribution in [0.5, 0.6) is 0 Å². The van der Waals surface area contributed by atoms with Gasteiger partial charge < -0.3 is 0 Å². The van der Waals surface area contributed by atoms with Gasteiger partial charge in [0, 0.05) is 21.7 Å². The first-order valence-corrected chi connectivity index (χ1v) is 14.5. The molecule has 6 aromatic carbocycles. The highest BCUT2D eigenvalue weighted by atomic mass is 35.5. The third-order valence-electron chi connectivity index (χ3n) is 7.39. The van der Waals surface area contributed by atoms with Crippen LogP contribution in [0.3, 0.4) is 0 Å². The zero-order valence-corrected chi connectivity index (χ0v) is 24.0. The summed E-state index contributed by atoms with van der Waals surface area (Å²) in [6.45, 7) is 0. The highest BCUT2D eigenvalue weighted by Gasteiger charge is 2.14. The molecule has 204 valence electrons. The van der Waals surface area contributed by atoms with Gasteiger partial charge in [0.25, 0.3) is 0 Å². The van der Waals surface area contributed by atoms with Gasteiger partial charge in [-0.1, -0.05) is 145 Å². The van der Waals surface area contributed by atoms with Crippen molar-refractivity contribution in [3.63, 3.8) is 0 Å². The van der Waals surface area contributed by atoms with Gasteiger partial charge in [-0.25, -0.2) is 15.0 Å². The molecule has 0 saturated carbocycles. The van der Waals surface area contributed by atoms with Crippen LogP contribution in [-0.2, 0) is 0 Å². The van der Waals surface area contributed by atoms with Gasteiger partial charge in [-0.15, -0.1) is 0 Å². The number of hydrogen-bond donors (Lipinski definition) is 0. The maximum absolute atomic E-state index is 6.30. The Bertz CT molecular complexity index is 2020. The Hall–Kier alpha value is -5.38. The Kier molecular flexibility index (Phi) is 7.31. The molecule has 0 saturated heterocycles. The minimum absolute atomic E-state index is 0.612. The second-order valence-corrected chi connectivity index (χ2v) is 10.7. The van der Waals surface area contributed by atoms with Crippen molar-refractivity contribution < 1.29 is 0 Å². The summed E-state index contributed by atoms with van der Waals surface area (Å²) in [6, 6.07) is 53.5. The first-order valence-electron chi connectivity index (χ1n) is 14.1. The van der Waals surface area contributed by atoms with Gasteiger partial charge in [-0.05, 0) is 57.6 Å². The van der Waals surface area contributed by atoms with Crippen LogP contribution in [0.4, 0.5) is 0 Å². The maximum atomic E-state index is 6.30. The second-order valence-electron chi connectivity index (χ2n) is 10.3. The Morgan fingerprint density at radius 3 is 1.16 bits per heavy atom. The van der Waals surface area contributed by atoms with E-state index in [1.165, 1.54) is 5.56 Å². The number of rotatable bonds is 6. The molecule has 4 heteroatoms. The van der Waals surface area contributed by atoms with E-state index < -0.39 is 0 Å². The van der Waals surface area contributed by atoms with Crippen LogP contribution in [-0.4, -0.2) is 15.0 Å². The normalized spacial score (nSPS) is 10.9. The topological polar surface area (TPSA) is 38.7 Å². The van der Waals surface area contributed by atoms with E-state index in [4.69, 9.17) is 26.6 Å². The van der Waals surface area contributed by atoms with Crippen molar-refractivity contribution in [2.75, 3.05) is 0 Å². The summed E-state index contributed by atoms with van der Waals surface area (Å²) in [5, 5.41) is 0.699. The van der Waals surface area contributed by atoms with Crippen molar-refractivity contribution in [2.45, 2.75) is 0 Å². The lowest BCUT2D eigenvalue weighted by Gasteiger charge is -2.11. The maximum Gasteiger partial charge on any atom is 0.164 e. The lowest BCUT2D eigenvalue weighted by atomic mass is 10.0. The lowest BCUT2D eigenvalue weighted by molar-refractivity contribution is 1.07. The average molecular weight is 572 g/mol. The predicted octanol–water partition coefficient (Wildman–Crippen LogP) is 10.5. The van der Waals surface area contributed by atoms with Crippen molar-refractivity contribution in [3.8, 4) is 67.5 Å². The van der Waals surface area contributed by atoms with Crippen LogP contribution in [0.15, 0.2) is 158 Å². The molecule has 0 aliphatic heterocycles. The molecule has 0 aliphatic rings. The summed E-state index contributed by atoms with van der Waals surface area (Å²) in [5.74, 6) is 1.86. The molecule has 0 amide bonds. The zero-order chi connectivity index (χ0) is 29.0. The molecule has 0 radical (unpaired) electrons. The summed E-state index contributed by atoms with van der Waals surface area (Å²) in [5.41, 5.74) is 9.40. The first-order chi connectivity index (χ1) is 21.2. The van der Waals surface area contributed by atoms with Crippen LogP contribution in [0, 0.1) is 0 Å². The molecule has 0 aliphatic carbocycles. The quantitative estimate of drug-likeness (QED) is 0.199. The monoisotopic (exact) mass is 571 g/mol. The Labute approximate surface area is 256 Å². The van der Waals surface area contributed by atoms with Crippen LogP contribution in [0.2, 0.25) is 5.02 Å². The fourth-order valence-electron chi connectivity index (χ4n) is 5.18. The molecular formula is C39H26ClN3. The van der Waals surface area contributed by atoms with E-state index >= 15 is 0 Å². The highest BCUT2D eigenvalue weighted by molar-refractivity contribution is 6.30. The van der Waals surface area contributed by atoms with E-state index in [0.717, 1.165) is 44.5 Å². The van der Waals surface area contributed by atoms with E-state index in [1.807, 2.05) is 54.6 Å². The molecule has 0 unspecified atom stereocenters. The van der Waals surface area contributed by atoms with Gasteiger partial charge >= 0.3 is 0 Å². The van der Waals surface area contributed by atoms with Crippen molar-refractivity contribution in [1.29, 1.82) is 0 Å². The van der Waals surface area contributed by atoms with Crippen molar-refractivity contribution >= 4 is 11.6 Å². The van der Waals surface area contributed by atoms with Crippen LogP contribution in [0.25, 0.3) is 67.5 Å². The van der Waals surface area contributed by atoms with Gasteiger partial charge in [0.2, 0.25) is 0 Å². The molecular weight excluding hydrogens is 546 g/mol. The van der Waals surface area contributed by atoms with E-state index in [0.29, 0.717) is 22.5 Å². The van der Waals surface area contributed by atoms with E-state index in [9.17, 15) is 0 Å². The second kappa shape index (κ2) is 11.8. The molecule has 0 spiro atoms. The van der Waals surface area contributed by atoms with Crippen molar-refractivity contribution in [1.82, 2.24) is 15.0 Å². The summed E-state index contributed by atoms with van der Waals surface area (Å²) in [6.07, 6.45) is 0. The minimum atomic E-state index is 0.612. The fourth-order valence-corrected chi connectivity index (χ4v) is 5.37. The summed E-state index contributed by atoms with van der Waals surface area (Å²) >= 11 is 6.30. The molecule has 0 N–H and O–H groups in total. The number of halogens is 1. The zero-order valence-electron chi connectivity index (χ0n) is 23.2. The fraction of sp³-hybridized carbons (Fsp3) is 0. The third kappa shape index (κ3) is 5.85. The lowest BCUT2D eigenvalue weighted by Crippen LogP contribution is -2.00. The standard InChI is InChI=1S/C39H26ClN3/c40-36-19-9-16-33(26-36)32-15-8-18-35(25-32)39-42-37(30-22-20-29(21-23-30)27-10-3-1-4-11-27)41-38(43-39)34-17-7-14-31(24-34)28-12-5-2-6-13-28/h1-26H. The number of hydrogen-bond acceptors (Lipinski definition) is 3. The number of benzene rings is 6. The number of nitrogens with zero attached hydrogens (tertiary/aromatic N) is 3. The SMILES string of the molecule is Clc1cccc(-c2cccc(-c3nc(-c4ccc(-c5ccccc5)cc4)nc(-c4cccc(-c5ccccc5)c4)n3)c2)c1. The largest absolute Gasteiger partial charge is 0.208 e.